The molecule has 164 valence electrons. The van der Waals surface area contributed by atoms with Gasteiger partial charge in [-0.3, -0.25) is 9.59 Å². The van der Waals surface area contributed by atoms with Gasteiger partial charge >= 0.3 is 0 Å². The molecule has 0 radical (unpaired) electrons. The van der Waals surface area contributed by atoms with Crippen LogP contribution < -0.4 is 4.90 Å². The Balaban J connectivity index is 1.23. The van der Waals surface area contributed by atoms with Gasteiger partial charge < -0.3 is 14.7 Å². The molecule has 2 aromatic heterocycles. The van der Waals surface area contributed by atoms with Crippen LogP contribution >= 0.6 is 0 Å². The summed E-state index contributed by atoms with van der Waals surface area (Å²) in [4.78, 5) is 40.5. The second-order valence-corrected chi connectivity index (χ2v) is 8.52. The van der Waals surface area contributed by atoms with Gasteiger partial charge in [0, 0.05) is 57.6 Å². The number of amides is 2. The van der Waals surface area contributed by atoms with Crippen molar-refractivity contribution < 1.29 is 9.59 Å². The molecule has 0 saturated carbocycles. The summed E-state index contributed by atoms with van der Waals surface area (Å²) < 4.78 is 0. The highest BCUT2D eigenvalue weighted by Gasteiger charge is 2.27. The minimum Gasteiger partial charge on any atom is -0.353 e. The van der Waals surface area contributed by atoms with Crippen LogP contribution in [0.1, 0.15) is 41.9 Å². The van der Waals surface area contributed by atoms with Gasteiger partial charge in [0.05, 0.1) is 0 Å². The SMILES string of the molecule is Cc1cccc(C(=O)N2CCC[C@H](CCC(=O)N3CCN(c4ccccn4)CC3)C2)n1. The van der Waals surface area contributed by atoms with Crippen LogP contribution in [-0.2, 0) is 4.79 Å². The van der Waals surface area contributed by atoms with Gasteiger partial charge in [-0.05, 0) is 56.4 Å². The molecule has 0 bridgehead atoms. The van der Waals surface area contributed by atoms with Gasteiger partial charge in [0.25, 0.3) is 5.91 Å². The van der Waals surface area contributed by atoms with E-state index in [0.717, 1.165) is 70.0 Å². The third kappa shape index (κ3) is 5.40. The van der Waals surface area contributed by atoms with Crippen molar-refractivity contribution in [1.82, 2.24) is 19.8 Å². The molecular formula is C24H31N5O2. The van der Waals surface area contributed by atoms with Gasteiger partial charge in [-0.15, -0.1) is 0 Å². The molecule has 2 aromatic rings. The molecular weight excluding hydrogens is 390 g/mol. The predicted octanol–water partition coefficient (Wildman–Crippen LogP) is 2.77. The Hall–Kier alpha value is -2.96. The van der Waals surface area contributed by atoms with E-state index in [1.807, 2.05) is 47.1 Å². The number of aromatic nitrogens is 2. The van der Waals surface area contributed by atoms with E-state index in [0.29, 0.717) is 18.0 Å². The molecule has 2 saturated heterocycles. The molecule has 0 unspecified atom stereocenters. The Morgan fingerprint density at radius 3 is 2.58 bits per heavy atom. The lowest BCUT2D eigenvalue weighted by Gasteiger charge is -2.36. The van der Waals surface area contributed by atoms with Crippen molar-refractivity contribution in [3.63, 3.8) is 0 Å². The predicted molar refractivity (Wildman–Crippen MR) is 120 cm³/mol. The lowest BCUT2D eigenvalue weighted by atomic mass is 9.93. The first-order valence-electron chi connectivity index (χ1n) is 11.3. The van der Waals surface area contributed by atoms with Crippen LogP contribution in [0.2, 0.25) is 0 Å². The number of rotatable bonds is 5. The zero-order valence-electron chi connectivity index (χ0n) is 18.2. The summed E-state index contributed by atoms with van der Waals surface area (Å²) in [6, 6.07) is 11.5. The molecule has 2 amide bonds. The molecule has 4 rings (SSSR count). The molecule has 7 nitrogen and oxygen atoms in total. The first-order chi connectivity index (χ1) is 15.1. The molecule has 2 aliphatic rings. The average molecular weight is 422 g/mol. The number of carbonyl (C=O) groups is 2. The molecule has 31 heavy (non-hydrogen) atoms. The Labute approximate surface area is 184 Å². The molecule has 7 heteroatoms. The first-order valence-corrected chi connectivity index (χ1v) is 11.3. The Morgan fingerprint density at radius 2 is 1.84 bits per heavy atom. The fourth-order valence-corrected chi connectivity index (χ4v) is 4.52. The highest BCUT2D eigenvalue weighted by molar-refractivity contribution is 5.92. The molecule has 2 fully saturated rings. The van der Waals surface area contributed by atoms with Crippen molar-refractivity contribution in [3.8, 4) is 0 Å². The second-order valence-electron chi connectivity index (χ2n) is 8.52. The van der Waals surface area contributed by atoms with E-state index in [2.05, 4.69) is 14.9 Å². The van der Waals surface area contributed by atoms with Crippen LogP contribution in [0.15, 0.2) is 42.6 Å². The van der Waals surface area contributed by atoms with Crippen LogP contribution in [0, 0.1) is 12.8 Å². The Bertz CT molecular complexity index is 896. The van der Waals surface area contributed by atoms with Crippen LogP contribution in [-0.4, -0.2) is 70.9 Å². The number of hydrogen-bond acceptors (Lipinski definition) is 5. The Kier molecular flexibility index (Phi) is 6.79. The summed E-state index contributed by atoms with van der Waals surface area (Å²) in [6.07, 6.45) is 5.26. The standard InChI is InChI=1S/C24H31N5O2/c1-19-6-4-8-21(26-19)24(31)29-13-5-7-20(18-29)10-11-23(30)28-16-14-27(15-17-28)22-9-2-3-12-25-22/h2-4,6,8-9,12,20H,5,7,10-11,13-18H2,1H3/t20-/m1/s1. The van der Waals surface area contributed by atoms with Crippen molar-refractivity contribution in [2.45, 2.75) is 32.6 Å². The summed E-state index contributed by atoms with van der Waals surface area (Å²) in [6.45, 7) is 6.50. The van der Waals surface area contributed by atoms with E-state index < -0.39 is 0 Å². The number of hydrogen-bond donors (Lipinski definition) is 0. The second kappa shape index (κ2) is 9.90. The minimum atomic E-state index is 0.00497. The molecule has 1 atom stereocenters. The fraction of sp³-hybridized carbons (Fsp3) is 0.500. The van der Waals surface area contributed by atoms with Gasteiger partial charge in [-0.1, -0.05) is 12.1 Å². The topological polar surface area (TPSA) is 69.6 Å². The van der Waals surface area contributed by atoms with Crippen molar-refractivity contribution >= 4 is 17.6 Å². The van der Waals surface area contributed by atoms with Gasteiger partial charge in [0.1, 0.15) is 11.5 Å². The van der Waals surface area contributed by atoms with Gasteiger partial charge in [0.2, 0.25) is 5.91 Å². The lowest BCUT2D eigenvalue weighted by Crippen LogP contribution is -2.49. The highest BCUT2D eigenvalue weighted by atomic mass is 16.2. The molecule has 0 aromatic carbocycles. The molecule has 2 aliphatic heterocycles. The summed E-state index contributed by atoms with van der Waals surface area (Å²) in [5.41, 5.74) is 1.37. The van der Waals surface area contributed by atoms with Crippen LogP contribution in [0.3, 0.4) is 0 Å². The summed E-state index contributed by atoms with van der Waals surface area (Å²) in [7, 11) is 0. The third-order valence-electron chi connectivity index (χ3n) is 6.29. The molecule has 4 heterocycles. The van der Waals surface area contributed by atoms with Crippen molar-refractivity contribution in [2.75, 3.05) is 44.2 Å². The van der Waals surface area contributed by atoms with E-state index in [9.17, 15) is 9.59 Å². The van der Waals surface area contributed by atoms with Crippen molar-refractivity contribution in [3.05, 3.63) is 54.0 Å². The number of nitrogens with zero attached hydrogens (tertiary/aromatic N) is 5. The largest absolute Gasteiger partial charge is 0.353 e. The number of pyridine rings is 2. The van der Waals surface area contributed by atoms with E-state index in [1.54, 1.807) is 12.3 Å². The van der Waals surface area contributed by atoms with Gasteiger partial charge in [0.15, 0.2) is 0 Å². The molecule has 0 N–H and O–H groups in total. The van der Waals surface area contributed by atoms with E-state index in [1.165, 1.54) is 0 Å². The number of likely N-dealkylation sites (tertiary alicyclic amines) is 1. The zero-order valence-corrected chi connectivity index (χ0v) is 18.2. The van der Waals surface area contributed by atoms with Gasteiger partial charge in [-0.2, -0.15) is 0 Å². The van der Waals surface area contributed by atoms with Crippen LogP contribution in [0.4, 0.5) is 5.82 Å². The number of aryl methyl sites for hydroxylation is 1. The average Bonchev–Trinajstić information content (AvgIpc) is 2.83. The lowest BCUT2D eigenvalue weighted by molar-refractivity contribution is -0.131. The molecule has 0 aliphatic carbocycles. The monoisotopic (exact) mass is 421 g/mol. The van der Waals surface area contributed by atoms with E-state index in [-0.39, 0.29) is 11.8 Å². The number of piperidine rings is 1. The fourth-order valence-electron chi connectivity index (χ4n) is 4.52. The normalized spacial score (nSPS) is 19.4. The van der Waals surface area contributed by atoms with Crippen LogP contribution in [0.25, 0.3) is 0 Å². The third-order valence-corrected chi connectivity index (χ3v) is 6.29. The summed E-state index contributed by atoms with van der Waals surface area (Å²) in [5.74, 6) is 1.58. The van der Waals surface area contributed by atoms with Crippen LogP contribution in [0.5, 0.6) is 0 Å². The van der Waals surface area contributed by atoms with Gasteiger partial charge in [-0.25, -0.2) is 9.97 Å². The zero-order chi connectivity index (χ0) is 21.6. The van der Waals surface area contributed by atoms with Crippen molar-refractivity contribution in [1.29, 1.82) is 0 Å². The minimum absolute atomic E-state index is 0.00497. The molecule has 0 spiro atoms. The van der Waals surface area contributed by atoms with Crippen molar-refractivity contribution in [2.24, 2.45) is 5.92 Å². The smallest absolute Gasteiger partial charge is 0.272 e. The number of anilines is 1. The van der Waals surface area contributed by atoms with E-state index >= 15 is 0 Å². The number of carbonyl (C=O) groups excluding carboxylic acids is 2. The maximum absolute atomic E-state index is 12.8. The summed E-state index contributed by atoms with van der Waals surface area (Å²) >= 11 is 0. The summed E-state index contributed by atoms with van der Waals surface area (Å²) in [5, 5.41) is 0. The van der Waals surface area contributed by atoms with E-state index in [4.69, 9.17) is 0 Å². The number of piperazine rings is 1. The maximum atomic E-state index is 12.8. The maximum Gasteiger partial charge on any atom is 0.272 e. The quantitative estimate of drug-likeness (QED) is 0.743. The highest BCUT2D eigenvalue weighted by Crippen LogP contribution is 2.23. The first kappa shape index (κ1) is 21.3. The Morgan fingerprint density at radius 1 is 1.00 bits per heavy atom.